The van der Waals surface area contributed by atoms with Crippen LogP contribution in [0.1, 0.15) is 23.6 Å². The topological polar surface area (TPSA) is 50.8 Å². The maximum Gasteiger partial charge on any atom is 0.242 e. The van der Waals surface area contributed by atoms with Crippen molar-refractivity contribution in [3.05, 3.63) is 53.1 Å². The summed E-state index contributed by atoms with van der Waals surface area (Å²) in [6.07, 6.45) is 1.84. The van der Waals surface area contributed by atoms with Crippen LogP contribution in [0.15, 0.2) is 36.4 Å². The first-order valence-corrected chi connectivity index (χ1v) is 8.99. The Morgan fingerprint density at radius 2 is 1.73 bits per heavy atom. The smallest absolute Gasteiger partial charge is 0.242 e. The molecule has 138 valence electrons. The number of ether oxygens (including phenoxy) is 2. The van der Waals surface area contributed by atoms with E-state index in [4.69, 9.17) is 9.47 Å². The highest BCUT2D eigenvalue weighted by molar-refractivity contribution is 5.81. The number of hydrogen-bond donors (Lipinski definition) is 1. The molecular weight excluding hydrogens is 328 g/mol. The lowest BCUT2D eigenvalue weighted by Crippen LogP contribution is -2.39. The third kappa shape index (κ3) is 3.93. The van der Waals surface area contributed by atoms with Crippen molar-refractivity contribution in [1.29, 1.82) is 0 Å². The van der Waals surface area contributed by atoms with Gasteiger partial charge in [-0.1, -0.05) is 19.1 Å². The predicted octanol–water partition coefficient (Wildman–Crippen LogP) is 3.26. The summed E-state index contributed by atoms with van der Waals surface area (Å²) in [7, 11) is 3.27. The maximum absolute atomic E-state index is 12.6. The van der Waals surface area contributed by atoms with E-state index in [2.05, 4.69) is 24.4 Å². The number of nitrogens with zero attached hydrogens (tertiary/aromatic N) is 1. The Morgan fingerprint density at radius 3 is 2.35 bits per heavy atom. The van der Waals surface area contributed by atoms with Crippen molar-refractivity contribution in [2.75, 3.05) is 32.6 Å². The Hall–Kier alpha value is -2.69. The average Bonchev–Trinajstić information content (AvgIpc) is 2.70. The number of fused-ring (bicyclic) bond motifs is 1. The first-order valence-electron chi connectivity index (χ1n) is 8.99. The van der Waals surface area contributed by atoms with Gasteiger partial charge in [0.05, 0.1) is 20.8 Å². The molecule has 0 radical (unpaired) electrons. The van der Waals surface area contributed by atoms with Crippen molar-refractivity contribution in [2.24, 2.45) is 0 Å². The summed E-state index contributed by atoms with van der Waals surface area (Å²) >= 11 is 0. The van der Waals surface area contributed by atoms with Gasteiger partial charge in [0.25, 0.3) is 0 Å². The first-order chi connectivity index (χ1) is 12.6. The van der Waals surface area contributed by atoms with Crippen LogP contribution in [0.5, 0.6) is 11.5 Å². The lowest BCUT2D eigenvalue weighted by molar-refractivity contribution is -0.130. The number of benzene rings is 2. The fourth-order valence-electron chi connectivity index (χ4n) is 3.24. The summed E-state index contributed by atoms with van der Waals surface area (Å²) in [4.78, 5) is 14.5. The number of methoxy groups -OCH3 is 2. The molecule has 0 aliphatic carbocycles. The quantitative estimate of drug-likeness (QED) is 0.865. The van der Waals surface area contributed by atoms with E-state index in [1.165, 1.54) is 11.1 Å². The van der Waals surface area contributed by atoms with Crippen molar-refractivity contribution in [3.63, 3.8) is 0 Å². The van der Waals surface area contributed by atoms with Crippen LogP contribution in [-0.2, 0) is 24.2 Å². The van der Waals surface area contributed by atoms with Crippen LogP contribution >= 0.6 is 0 Å². The molecule has 1 N–H and O–H groups in total. The van der Waals surface area contributed by atoms with Crippen LogP contribution in [0, 0.1) is 0 Å². The molecule has 5 heteroatoms. The zero-order valence-electron chi connectivity index (χ0n) is 15.7. The molecule has 0 unspecified atom stereocenters. The van der Waals surface area contributed by atoms with Gasteiger partial charge in [-0.25, -0.2) is 0 Å². The minimum Gasteiger partial charge on any atom is -0.493 e. The minimum absolute atomic E-state index is 0.102. The van der Waals surface area contributed by atoms with E-state index in [0.29, 0.717) is 18.8 Å². The van der Waals surface area contributed by atoms with Gasteiger partial charge < -0.3 is 19.7 Å². The molecule has 1 heterocycles. The van der Waals surface area contributed by atoms with Gasteiger partial charge in [0.2, 0.25) is 5.91 Å². The number of nitrogens with one attached hydrogen (secondary N) is 1. The first kappa shape index (κ1) is 18.1. The monoisotopic (exact) mass is 354 g/mol. The number of amides is 1. The molecule has 0 atom stereocenters. The van der Waals surface area contributed by atoms with Crippen LogP contribution in [0.4, 0.5) is 5.69 Å². The summed E-state index contributed by atoms with van der Waals surface area (Å²) in [5.74, 6) is 1.54. The van der Waals surface area contributed by atoms with Gasteiger partial charge in [-0.3, -0.25) is 4.79 Å². The lowest BCUT2D eigenvalue weighted by Gasteiger charge is -2.30. The van der Waals surface area contributed by atoms with Gasteiger partial charge in [0.1, 0.15) is 0 Å². The molecule has 1 aliphatic heterocycles. The van der Waals surface area contributed by atoms with E-state index >= 15 is 0 Å². The molecule has 3 rings (SSSR count). The molecule has 2 aromatic carbocycles. The fraction of sp³-hybridized carbons (Fsp3) is 0.381. The Balaban J connectivity index is 1.63. The highest BCUT2D eigenvalue weighted by Crippen LogP contribution is 2.33. The average molecular weight is 354 g/mol. The van der Waals surface area contributed by atoms with Crippen LogP contribution in [0.2, 0.25) is 0 Å². The molecule has 0 saturated heterocycles. The SMILES string of the molecule is CCc1ccc(NCC(=O)N2CCc3cc(OC)c(OC)cc3C2)cc1. The zero-order chi connectivity index (χ0) is 18.5. The van der Waals surface area contributed by atoms with Crippen molar-refractivity contribution in [2.45, 2.75) is 26.3 Å². The standard InChI is InChI=1S/C21H26N2O3/c1-4-15-5-7-18(8-6-15)22-13-21(24)23-10-9-16-11-19(25-2)20(26-3)12-17(16)14-23/h5-8,11-12,22H,4,9-10,13-14H2,1-3H3. The van der Waals surface area contributed by atoms with Crippen molar-refractivity contribution in [1.82, 2.24) is 4.90 Å². The molecule has 0 bridgehead atoms. The molecule has 26 heavy (non-hydrogen) atoms. The van der Waals surface area contributed by atoms with Gasteiger partial charge in [-0.15, -0.1) is 0 Å². The third-order valence-corrected chi connectivity index (χ3v) is 4.88. The zero-order valence-corrected chi connectivity index (χ0v) is 15.7. The van der Waals surface area contributed by atoms with E-state index in [1.807, 2.05) is 29.2 Å². The molecule has 0 fully saturated rings. The van der Waals surface area contributed by atoms with Crippen LogP contribution in [0.3, 0.4) is 0 Å². The van der Waals surface area contributed by atoms with Gasteiger partial charge in [0, 0.05) is 18.8 Å². The number of hydrogen-bond acceptors (Lipinski definition) is 4. The second kappa shape index (κ2) is 8.13. The minimum atomic E-state index is 0.102. The molecule has 0 spiro atoms. The second-order valence-corrected chi connectivity index (χ2v) is 6.45. The largest absolute Gasteiger partial charge is 0.493 e. The number of rotatable bonds is 6. The number of carbonyl (C=O) groups is 1. The summed E-state index contributed by atoms with van der Waals surface area (Å²) in [5, 5.41) is 3.22. The second-order valence-electron chi connectivity index (χ2n) is 6.45. The highest BCUT2D eigenvalue weighted by atomic mass is 16.5. The Kier molecular flexibility index (Phi) is 5.66. The fourth-order valence-corrected chi connectivity index (χ4v) is 3.24. The lowest BCUT2D eigenvalue weighted by atomic mass is 9.98. The third-order valence-electron chi connectivity index (χ3n) is 4.88. The maximum atomic E-state index is 12.6. The van der Waals surface area contributed by atoms with Crippen molar-refractivity contribution < 1.29 is 14.3 Å². The summed E-state index contributed by atoms with van der Waals surface area (Å²) in [5.41, 5.74) is 4.60. The Bertz CT molecular complexity index is 772. The normalized spacial score (nSPS) is 13.1. The molecular formula is C21H26N2O3. The van der Waals surface area contributed by atoms with E-state index in [0.717, 1.165) is 36.4 Å². The van der Waals surface area contributed by atoms with Crippen LogP contribution < -0.4 is 14.8 Å². The molecule has 1 amide bonds. The number of anilines is 1. The van der Waals surface area contributed by atoms with E-state index in [-0.39, 0.29) is 5.91 Å². The van der Waals surface area contributed by atoms with E-state index < -0.39 is 0 Å². The van der Waals surface area contributed by atoms with Crippen molar-refractivity contribution in [3.8, 4) is 11.5 Å². The van der Waals surface area contributed by atoms with Gasteiger partial charge in [-0.05, 0) is 53.8 Å². The number of carbonyl (C=O) groups excluding carboxylic acids is 1. The Morgan fingerprint density at radius 1 is 1.08 bits per heavy atom. The van der Waals surface area contributed by atoms with Gasteiger partial charge in [-0.2, -0.15) is 0 Å². The molecule has 2 aromatic rings. The molecule has 0 aromatic heterocycles. The molecule has 1 aliphatic rings. The van der Waals surface area contributed by atoms with E-state index in [1.54, 1.807) is 14.2 Å². The summed E-state index contributed by atoms with van der Waals surface area (Å²) in [6.45, 7) is 3.75. The summed E-state index contributed by atoms with van der Waals surface area (Å²) < 4.78 is 10.7. The van der Waals surface area contributed by atoms with Gasteiger partial charge in [0.15, 0.2) is 11.5 Å². The van der Waals surface area contributed by atoms with Crippen molar-refractivity contribution >= 4 is 11.6 Å². The van der Waals surface area contributed by atoms with Crippen LogP contribution in [0.25, 0.3) is 0 Å². The number of aryl methyl sites for hydroxylation is 1. The highest BCUT2D eigenvalue weighted by Gasteiger charge is 2.22. The van der Waals surface area contributed by atoms with Gasteiger partial charge >= 0.3 is 0 Å². The molecule has 5 nitrogen and oxygen atoms in total. The van der Waals surface area contributed by atoms with E-state index in [9.17, 15) is 4.79 Å². The molecule has 0 saturated carbocycles. The van der Waals surface area contributed by atoms with Crippen LogP contribution in [-0.4, -0.2) is 38.1 Å². The predicted molar refractivity (Wildman–Crippen MR) is 103 cm³/mol. The Labute approximate surface area is 154 Å². The summed E-state index contributed by atoms with van der Waals surface area (Å²) in [6, 6.07) is 12.2.